The van der Waals surface area contributed by atoms with Crippen molar-refractivity contribution in [2.75, 3.05) is 11.9 Å². The molecule has 0 fully saturated rings. The molecular weight excluding hydrogens is 214 g/mol. The molecule has 0 aliphatic heterocycles. The van der Waals surface area contributed by atoms with Gasteiger partial charge < -0.3 is 5.32 Å². The van der Waals surface area contributed by atoms with E-state index in [-0.39, 0.29) is 0 Å². The van der Waals surface area contributed by atoms with Crippen molar-refractivity contribution >= 4 is 5.95 Å². The standard InChI is InChI=1S/C12H19N5/c1-4-16-9-11(8-15-16)17-6-5-13-12(17)14-7-10(2)3/h5-6,8-10H,4,7H2,1-3H3,(H,13,14). The molecule has 0 unspecified atom stereocenters. The summed E-state index contributed by atoms with van der Waals surface area (Å²) in [6, 6.07) is 0. The molecular formula is C12H19N5. The van der Waals surface area contributed by atoms with E-state index in [2.05, 4.69) is 36.2 Å². The molecule has 5 nitrogen and oxygen atoms in total. The first kappa shape index (κ1) is 11.7. The van der Waals surface area contributed by atoms with Crippen LogP contribution < -0.4 is 5.32 Å². The summed E-state index contributed by atoms with van der Waals surface area (Å²) in [6.45, 7) is 8.22. The van der Waals surface area contributed by atoms with Crippen molar-refractivity contribution in [3.63, 3.8) is 0 Å². The fourth-order valence-corrected chi connectivity index (χ4v) is 1.59. The molecule has 0 radical (unpaired) electrons. The number of hydrogen-bond acceptors (Lipinski definition) is 3. The van der Waals surface area contributed by atoms with Crippen LogP contribution in [0.5, 0.6) is 0 Å². The van der Waals surface area contributed by atoms with Crippen LogP contribution in [0.2, 0.25) is 0 Å². The second-order valence-corrected chi connectivity index (χ2v) is 4.45. The smallest absolute Gasteiger partial charge is 0.207 e. The molecule has 1 N–H and O–H groups in total. The van der Waals surface area contributed by atoms with Crippen LogP contribution in [0.4, 0.5) is 5.95 Å². The van der Waals surface area contributed by atoms with Crippen LogP contribution >= 0.6 is 0 Å². The Bertz CT molecular complexity index is 469. The van der Waals surface area contributed by atoms with Crippen LogP contribution in [-0.4, -0.2) is 25.9 Å². The maximum atomic E-state index is 4.31. The van der Waals surface area contributed by atoms with E-state index in [1.807, 2.05) is 27.8 Å². The van der Waals surface area contributed by atoms with Gasteiger partial charge >= 0.3 is 0 Å². The second-order valence-electron chi connectivity index (χ2n) is 4.45. The van der Waals surface area contributed by atoms with E-state index < -0.39 is 0 Å². The van der Waals surface area contributed by atoms with Crippen molar-refractivity contribution in [1.29, 1.82) is 0 Å². The molecule has 17 heavy (non-hydrogen) atoms. The largest absolute Gasteiger partial charge is 0.355 e. The molecule has 0 bridgehead atoms. The highest BCUT2D eigenvalue weighted by Gasteiger charge is 2.06. The third-order valence-corrected chi connectivity index (χ3v) is 2.53. The van der Waals surface area contributed by atoms with Crippen LogP contribution in [0.3, 0.4) is 0 Å². The van der Waals surface area contributed by atoms with Gasteiger partial charge in [-0.2, -0.15) is 5.10 Å². The van der Waals surface area contributed by atoms with Gasteiger partial charge in [0.15, 0.2) is 0 Å². The Balaban J connectivity index is 2.18. The topological polar surface area (TPSA) is 47.7 Å². The summed E-state index contributed by atoms with van der Waals surface area (Å²) in [4.78, 5) is 4.31. The number of rotatable bonds is 5. The summed E-state index contributed by atoms with van der Waals surface area (Å²) in [6.07, 6.45) is 7.61. The Morgan fingerprint density at radius 3 is 2.88 bits per heavy atom. The summed E-state index contributed by atoms with van der Waals surface area (Å²) in [5.41, 5.74) is 1.04. The lowest BCUT2D eigenvalue weighted by atomic mass is 10.2. The van der Waals surface area contributed by atoms with Crippen LogP contribution in [0.25, 0.3) is 5.69 Å². The summed E-state index contributed by atoms with van der Waals surface area (Å²) < 4.78 is 3.92. The molecule has 0 aliphatic carbocycles. The second kappa shape index (κ2) is 5.03. The van der Waals surface area contributed by atoms with E-state index in [1.54, 1.807) is 6.20 Å². The highest BCUT2D eigenvalue weighted by atomic mass is 15.3. The maximum absolute atomic E-state index is 4.31. The average Bonchev–Trinajstić information content (AvgIpc) is 2.94. The lowest BCUT2D eigenvalue weighted by molar-refractivity contribution is 0.659. The molecule has 0 aliphatic rings. The number of aromatic nitrogens is 4. The predicted molar refractivity (Wildman–Crippen MR) is 68.4 cm³/mol. The Labute approximate surface area is 101 Å². The van der Waals surface area contributed by atoms with Crippen molar-refractivity contribution in [1.82, 2.24) is 19.3 Å². The number of nitrogens with one attached hydrogen (secondary N) is 1. The average molecular weight is 233 g/mol. The maximum Gasteiger partial charge on any atom is 0.207 e. The van der Waals surface area contributed by atoms with Crippen LogP contribution in [0.15, 0.2) is 24.8 Å². The zero-order chi connectivity index (χ0) is 12.3. The van der Waals surface area contributed by atoms with Crippen LogP contribution in [-0.2, 0) is 6.54 Å². The van der Waals surface area contributed by atoms with Crippen molar-refractivity contribution in [2.45, 2.75) is 27.3 Å². The molecule has 0 saturated heterocycles. The van der Waals surface area contributed by atoms with Gasteiger partial charge in [0.05, 0.1) is 11.9 Å². The van der Waals surface area contributed by atoms with Gasteiger partial charge in [-0.3, -0.25) is 9.25 Å². The first-order valence-electron chi connectivity index (χ1n) is 6.00. The van der Waals surface area contributed by atoms with Gasteiger partial charge in [0.1, 0.15) is 0 Å². The fraction of sp³-hybridized carbons (Fsp3) is 0.500. The molecule has 0 aromatic carbocycles. The Hall–Kier alpha value is -1.78. The van der Waals surface area contributed by atoms with E-state index in [1.165, 1.54) is 0 Å². The van der Waals surface area contributed by atoms with E-state index in [4.69, 9.17) is 0 Å². The number of nitrogens with zero attached hydrogens (tertiary/aromatic N) is 4. The van der Waals surface area contributed by atoms with Crippen molar-refractivity contribution in [2.24, 2.45) is 5.92 Å². The van der Waals surface area contributed by atoms with Crippen LogP contribution in [0, 0.1) is 5.92 Å². The molecule has 0 saturated carbocycles. The van der Waals surface area contributed by atoms with E-state index in [0.717, 1.165) is 24.7 Å². The van der Waals surface area contributed by atoms with Gasteiger partial charge in [0.2, 0.25) is 5.95 Å². The fourth-order valence-electron chi connectivity index (χ4n) is 1.59. The minimum Gasteiger partial charge on any atom is -0.355 e. The number of hydrogen-bond donors (Lipinski definition) is 1. The highest BCUT2D eigenvalue weighted by Crippen LogP contribution is 2.13. The summed E-state index contributed by atoms with van der Waals surface area (Å²) >= 11 is 0. The number of aryl methyl sites for hydroxylation is 1. The minimum absolute atomic E-state index is 0.596. The molecule has 0 atom stereocenters. The zero-order valence-corrected chi connectivity index (χ0v) is 10.6. The summed E-state index contributed by atoms with van der Waals surface area (Å²) in [5, 5.41) is 7.60. The number of imidazole rings is 1. The van der Waals surface area contributed by atoms with Crippen LogP contribution in [0.1, 0.15) is 20.8 Å². The molecule has 2 aromatic heterocycles. The predicted octanol–water partition coefficient (Wildman–Crippen LogP) is 2.16. The Morgan fingerprint density at radius 1 is 1.41 bits per heavy atom. The lowest BCUT2D eigenvalue weighted by Gasteiger charge is -2.09. The first-order chi connectivity index (χ1) is 8.20. The molecule has 0 amide bonds. The molecule has 2 aromatic rings. The van der Waals surface area contributed by atoms with Gasteiger partial charge in [0, 0.05) is 31.7 Å². The molecule has 92 valence electrons. The number of anilines is 1. The van der Waals surface area contributed by atoms with Crippen molar-refractivity contribution < 1.29 is 0 Å². The minimum atomic E-state index is 0.596. The molecule has 0 spiro atoms. The third-order valence-electron chi connectivity index (χ3n) is 2.53. The summed E-state index contributed by atoms with van der Waals surface area (Å²) in [5.74, 6) is 1.47. The van der Waals surface area contributed by atoms with E-state index in [9.17, 15) is 0 Å². The molecule has 5 heteroatoms. The zero-order valence-electron chi connectivity index (χ0n) is 10.6. The lowest BCUT2D eigenvalue weighted by Crippen LogP contribution is -2.11. The Morgan fingerprint density at radius 2 is 2.24 bits per heavy atom. The highest BCUT2D eigenvalue weighted by molar-refractivity contribution is 5.39. The van der Waals surface area contributed by atoms with Crippen molar-refractivity contribution in [3.8, 4) is 5.69 Å². The third kappa shape index (κ3) is 2.67. The van der Waals surface area contributed by atoms with Gasteiger partial charge in [0.25, 0.3) is 0 Å². The van der Waals surface area contributed by atoms with Gasteiger partial charge in [-0.05, 0) is 12.8 Å². The normalized spacial score (nSPS) is 11.1. The SMILES string of the molecule is CCn1cc(-n2ccnc2NCC(C)C)cn1. The monoisotopic (exact) mass is 233 g/mol. The van der Waals surface area contributed by atoms with Crippen molar-refractivity contribution in [3.05, 3.63) is 24.8 Å². The van der Waals surface area contributed by atoms with E-state index >= 15 is 0 Å². The van der Waals surface area contributed by atoms with Gasteiger partial charge in [-0.25, -0.2) is 4.98 Å². The van der Waals surface area contributed by atoms with Gasteiger partial charge in [-0.1, -0.05) is 13.8 Å². The summed E-state index contributed by atoms with van der Waals surface area (Å²) in [7, 11) is 0. The quantitative estimate of drug-likeness (QED) is 0.860. The Kier molecular flexibility index (Phi) is 3.46. The van der Waals surface area contributed by atoms with E-state index in [0.29, 0.717) is 5.92 Å². The molecule has 2 rings (SSSR count). The van der Waals surface area contributed by atoms with Gasteiger partial charge in [-0.15, -0.1) is 0 Å². The molecule has 2 heterocycles. The first-order valence-corrected chi connectivity index (χ1v) is 6.00.